The number of benzene rings is 1. The number of ether oxygens (including phenoxy) is 2. The van der Waals surface area contributed by atoms with Gasteiger partial charge in [0.25, 0.3) is 5.91 Å². The Labute approximate surface area is 220 Å². The van der Waals surface area contributed by atoms with Gasteiger partial charge in [-0.05, 0) is 48.9 Å². The van der Waals surface area contributed by atoms with Crippen molar-refractivity contribution in [2.45, 2.75) is 32.5 Å². The summed E-state index contributed by atoms with van der Waals surface area (Å²) < 4.78 is 11.1. The molecule has 0 unspecified atom stereocenters. The van der Waals surface area contributed by atoms with E-state index in [4.69, 9.17) is 15.2 Å². The molecule has 1 atom stereocenters. The highest BCUT2D eigenvalue weighted by Crippen LogP contribution is 2.30. The molecule has 3 aromatic rings. The normalized spacial score (nSPS) is 14.2. The number of nitrogens with one attached hydrogen (secondary N) is 1. The lowest BCUT2D eigenvalue weighted by Crippen LogP contribution is -2.33. The van der Waals surface area contributed by atoms with Crippen molar-refractivity contribution in [1.82, 2.24) is 9.97 Å². The van der Waals surface area contributed by atoms with E-state index in [1.165, 1.54) is 0 Å². The Balaban J connectivity index is 1.47. The molecular formula is C26H32N6O4S. The van der Waals surface area contributed by atoms with Gasteiger partial charge in [-0.1, -0.05) is 18.2 Å². The first-order chi connectivity index (χ1) is 18.0. The maximum absolute atomic E-state index is 13.5. The van der Waals surface area contributed by atoms with Crippen LogP contribution in [0.15, 0.2) is 48.0 Å². The zero-order valence-corrected chi connectivity index (χ0v) is 21.9. The van der Waals surface area contributed by atoms with Crippen molar-refractivity contribution in [3.05, 3.63) is 64.0 Å². The number of anilines is 3. The minimum absolute atomic E-state index is 0.133. The van der Waals surface area contributed by atoms with Crippen molar-refractivity contribution in [1.29, 1.82) is 0 Å². The second-order valence-electron chi connectivity index (χ2n) is 8.63. The van der Waals surface area contributed by atoms with E-state index in [0.717, 1.165) is 16.1 Å². The maximum Gasteiger partial charge on any atom is 0.404 e. The molecule has 1 aliphatic heterocycles. The second kappa shape index (κ2) is 12.5. The van der Waals surface area contributed by atoms with Crippen LogP contribution < -0.4 is 20.9 Å². The van der Waals surface area contributed by atoms with E-state index in [1.54, 1.807) is 22.4 Å². The molecule has 3 heterocycles. The molecule has 11 heteroatoms. The van der Waals surface area contributed by atoms with Crippen molar-refractivity contribution in [3.63, 3.8) is 0 Å². The molecule has 1 aliphatic rings. The lowest BCUT2D eigenvalue weighted by atomic mass is 10.1. The number of carbonyl (C=O) groups excluding carboxylic acids is 2. The first kappa shape index (κ1) is 26.4. The van der Waals surface area contributed by atoms with Crippen molar-refractivity contribution in [3.8, 4) is 0 Å². The van der Waals surface area contributed by atoms with Gasteiger partial charge in [0.05, 0.1) is 19.3 Å². The molecule has 0 saturated heterocycles. The SMILES string of the molecule is CCNc1ncc2c(n1)N(C)CCN(c1cccc(CO[C@H](CCCOC(N)=O)c3cccs3)c1)C2=O. The quantitative estimate of drug-likeness (QED) is 0.358. The highest BCUT2D eigenvalue weighted by molar-refractivity contribution is 7.10. The first-order valence-electron chi connectivity index (χ1n) is 12.3. The number of aromatic nitrogens is 2. The van der Waals surface area contributed by atoms with Gasteiger partial charge in [-0.2, -0.15) is 4.98 Å². The highest BCUT2D eigenvalue weighted by Gasteiger charge is 2.28. The van der Waals surface area contributed by atoms with Crippen LogP contribution in [0.3, 0.4) is 0 Å². The molecule has 4 rings (SSSR count). The Morgan fingerprint density at radius 2 is 2.14 bits per heavy atom. The Kier molecular flexibility index (Phi) is 8.91. The van der Waals surface area contributed by atoms with Crippen LogP contribution in [0.2, 0.25) is 0 Å². The van der Waals surface area contributed by atoms with Crippen LogP contribution in [0.25, 0.3) is 0 Å². The Morgan fingerprint density at radius 1 is 1.27 bits per heavy atom. The summed E-state index contributed by atoms with van der Waals surface area (Å²) in [5, 5.41) is 5.11. The fourth-order valence-electron chi connectivity index (χ4n) is 4.14. The van der Waals surface area contributed by atoms with Crippen molar-refractivity contribution >= 4 is 40.8 Å². The van der Waals surface area contributed by atoms with Gasteiger partial charge in [0, 0.05) is 43.4 Å². The summed E-state index contributed by atoms with van der Waals surface area (Å²) >= 11 is 1.63. The smallest absolute Gasteiger partial charge is 0.404 e. The van der Waals surface area contributed by atoms with Crippen molar-refractivity contribution in [2.75, 3.05) is 48.4 Å². The lowest BCUT2D eigenvalue weighted by molar-refractivity contribution is 0.0310. The predicted octanol–water partition coefficient (Wildman–Crippen LogP) is 4.20. The molecule has 10 nitrogen and oxygen atoms in total. The molecule has 0 aliphatic carbocycles. The molecular weight excluding hydrogens is 492 g/mol. The zero-order valence-electron chi connectivity index (χ0n) is 21.1. The molecule has 0 spiro atoms. The van der Waals surface area contributed by atoms with Gasteiger partial charge in [-0.3, -0.25) is 4.79 Å². The molecule has 1 aromatic carbocycles. The number of thiophene rings is 1. The van der Waals surface area contributed by atoms with E-state index < -0.39 is 6.09 Å². The molecule has 2 amide bonds. The number of nitrogens with two attached hydrogens (primary N) is 1. The van der Waals surface area contributed by atoms with Gasteiger partial charge in [0.15, 0.2) is 0 Å². The molecule has 0 bridgehead atoms. The van der Waals surface area contributed by atoms with Crippen LogP contribution in [0.5, 0.6) is 0 Å². The van der Waals surface area contributed by atoms with Crippen LogP contribution in [-0.2, 0) is 16.1 Å². The molecule has 37 heavy (non-hydrogen) atoms. The average Bonchev–Trinajstić information content (AvgIpc) is 3.39. The summed E-state index contributed by atoms with van der Waals surface area (Å²) in [5.41, 5.74) is 7.28. The molecule has 0 saturated carbocycles. The van der Waals surface area contributed by atoms with Crippen LogP contribution in [0.1, 0.15) is 46.7 Å². The highest BCUT2D eigenvalue weighted by atomic mass is 32.1. The Bertz CT molecular complexity index is 1210. The fraction of sp³-hybridized carbons (Fsp3) is 0.385. The lowest BCUT2D eigenvalue weighted by Gasteiger charge is -2.22. The van der Waals surface area contributed by atoms with E-state index in [0.29, 0.717) is 56.4 Å². The summed E-state index contributed by atoms with van der Waals surface area (Å²) in [4.78, 5) is 38.1. The Hall–Kier alpha value is -3.70. The number of nitrogens with zero attached hydrogens (tertiary/aromatic N) is 4. The van der Waals surface area contributed by atoms with Crippen LogP contribution >= 0.6 is 11.3 Å². The third kappa shape index (κ3) is 6.75. The van der Waals surface area contributed by atoms with Gasteiger partial charge < -0.3 is 30.3 Å². The van der Waals surface area contributed by atoms with Crippen LogP contribution in [0, 0.1) is 0 Å². The number of rotatable bonds is 11. The average molecular weight is 525 g/mol. The van der Waals surface area contributed by atoms with E-state index in [1.807, 2.05) is 60.6 Å². The summed E-state index contributed by atoms with van der Waals surface area (Å²) in [6.45, 7) is 4.46. The van der Waals surface area contributed by atoms with E-state index in [-0.39, 0.29) is 18.6 Å². The third-order valence-electron chi connectivity index (χ3n) is 5.99. The predicted molar refractivity (Wildman–Crippen MR) is 144 cm³/mol. The maximum atomic E-state index is 13.5. The largest absolute Gasteiger partial charge is 0.450 e. The standard InChI is InChI=1S/C26H32N6O4S/c1-3-28-26-29-16-20-23(30-26)31(2)11-12-32(24(20)33)19-8-4-7-18(15-19)17-36-21(22-10-6-14-37-22)9-5-13-35-25(27)34/h4,6-8,10,14-16,21H,3,5,9,11-13,17H2,1-2H3,(H2,27,34)(H,28,29,30)/t21-/m1/s1. The second-order valence-corrected chi connectivity index (χ2v) is 9.61. The summed E-state index contributed by atoms with van der Waals surface area (Å²) in [5.74, 6) is 0.999. The summed E-state index contributed by atoms with van der Waals surface area (Å²) in [6.07, 6.45) is 2.02. The van der Waals surface area contributed by atoms with Crippen LogP contribution in [-0.4, -0.2) is 55.3 Å². The monoisotopic (exact) mass is 524 g/mol. The van der Waals surface area contributed by atoms with Gasteiger partial charge in [0.2, 0.25) is 5.95 Å². The van der Waals surface area contributed by atoms with E-state index in [9.17, 15) is 9.59 Å². The fourth-order valence-corrected chi connectivity index (χ4v) is 4.95. The number of fused-ring (bicyclic) bond motifs is 1. The number of amides is 2. The third-order valence-corrected chi connectivity index (χ3v) is 6.95. The molecule has 2 aromatic heterocycles. The molecule has 0 fully saturated rings. The molecule has 0 radical (unpaired) electrons. The zero-order chi connectivity index (χ0) is 26.2. The van der Waals surface area contributed by atoms with Crippen LogP contribution in [0.4, 0.5) is 22.2 Å². The molecule has 196 valence electrons. The summed E-state index contributed by atoms with van der Waals surface area (Å²) in [6, 6.07) is 11.9. The van der Waals surface area contributed by atoms with E-state index >= 15 is 0 Å². The number of hydrogen-bond acceptors (Lipinski definition) is 9. The van der Waals surface area contributed by atoms with Gasteiger partial charge in [-0.25, -0.2) is 9.78 Å². The Morgan fingerprint density at radius 3 is 2.89 bits per heavy atom. The summed E-state index contributed by atoms with van der Waals surface area (Å²) in [7, 11) is 1.93. The molecule has 3 N–H and O–H groups in total. The van der Waals surface area contributed by atoms with Gasteiger partial charge in [-0.15, -0.1) is 11.3 Å². The van der Waals surface area contributed by atoms with E-state index in [2.05, 4.69) is 15.3 Å². The number of hydrogen-bond donors (Lipinski definition) is 2. The van der Waals surface area contributed by atoms with Gasteiger partial charge in [0.1, 0.15) is 11.4 Å². The van der Waals surface area contributed by atoms with Gasteiger partial charge >= 0.3 is 6.09 Å². The van der Waals surface area contributed by atoms with Crippen molar-refractivity contribution < 1.29 is 19.1 Å². The number of primary amides is 1. The number of carbonyl (C=O) groups is 2. The first-order valence-corrected chi connectivity index (χ1v) is 13.1. The topological polar surface area (TPSA) is 123 Å². The minimum Gasteiger partial charge on any atom is -0.450 e. The van der Waals surface area contributed by atoms with Crippen molar-refractivity contribution in [2.24, 2.45) is 5.73 Å². The number of likely N-dealkylation sites (N-methyl/N-ethyl adjacent to an activating group) is 1. The minimum atomic E-state index is -0.771.